The molecule has 0 bridgehead atoms. The van der Waals surface area contributed by atoms with Crippen LogP contribution in [0.4, 0.5) is 0 Å². The number of rotatable bonds is 7. The van der Waals surface area contributed by atoms with Gasteiger partial charge in [-0.05, 0) is 33.1 Å². The maximum absolute atomic E-state index is 9.37. The lowest BCUT2D eigenvalue weighted by Gasteiger charge is -2.30. The highest BCUT2D eigenvalue weighted by Gasteiger charge is 2.14. The quantitative estimate of drug-likeness (QED) is 0.684. The van der Waals surface area contributed by atoms with Crippen LogP contribution in [0.3, 0.4) is 0 Å². The first-order valence-electron chi connectivity index (χ1n) is 5.89. The van der Waals surface area contributed by atoms with Gasteiger partial charge in [-0.3, -0.25) is 4.90 Å². The normalized spacial score (nSPS) is 16.3. The molecule has 0 rings (SSSR count). The molecule has 0 saturated heterocycles. The van der Waals surface area contributed by atoms with Gasteiger partial charge in [0.15, 0.2) is 0 Å². The van der Waals surface area contributed by atoms with Crippen molar-refractivity contribution >= 4 is 0 Å². The Kier molecular flexibility index (Phi) is 7.20. The summed E-state index contributed by atoms with van der Waals surface area (Å²) in [7, 11) is 0. The minimum Gasteiger partial charge on any atom is -0.392 e. The molecule has 0 aromatic carbocycles. The predicted molar refractivity (Wildman–Crippen MR) is 62.5 cm³/mol. The minimum atomic E-state index is -0.216. The second kappa shape index (κ2) is 7.24. The molecule has 0 amide bonds. The van der Waals surface area contributed by atoms with Gasteiger partial charge in [0.25, 0.3) is 0 Å². The standard InChI is InChI=1S/C12H27NO/c1-6-7-11(4)8-13(10(2)3)9-12(5)14/h10-12,14H,6-9H2,1-5H3. The summed E-state index contributed by atoms with van der Waals surface area (Å²) < 4.78 is 0. The van der Waals surface area contributed by atoms with E-state index in [0.29, 0.717) is 6.04 Å². The van der Waals surface area contributed by atoms with Crippen LogP contribution >= 0.6 is 0 Å². The van der Waals surface area contributed by atoms with Gasteiger partial charge >= 0.3 is 0 Å². The lowest BCUT2D eigenvalue weighted by molar-refractivity contribution is 0.0959. The molecule has 0 aliphatic rings. The molecule has 2 nitrogen and oxygen atoms in total. The van der Waals surface area contributed by atoms with Crippen molar-refractivity contribution in [1.82, 2.24) is 4.90 Å². The van der Waals surface area contributed by atoms with Crippen molar-refractivity contribution in [2.75, 3.05) is 13.1 Å². The summed E-state index contributed by atoms with van der Waals surface area (Å²) in [4.78, 5) is 2.37. The van der Waals surface area contributed by atoms with Crippen molar-refractivity contribution in [2.24, 2.45) is 5.92 Å². The Balaban J connectivity index is 3.95. The molecule has 0 saturated carbocycles. The predicted octanol–water partition coefficient (Wildman–Crippen LogP) is 2.51. The Hall–Kier alpha value is -0.0800. The highest BCUT2D eigenvalue weighted by atomic mass is 16.3. The number of hydrogen-bond acceptors (Lipinski definition) is 2. The summed E-state index contributed by atoms with van der Waals surface area (Å²) in [6.45, 7) is 12.7. The van der Waals surface area contributed by atoms with E-state index in [9.17, 15) is 5.11 Å². The average molecular weight is 201 g/mol. The van der Waals surface area contributed by atoms with Crippen molar-refractivity contribution in [2.45, 2.75) is 59.6 Å². The molecule has 0 aliphatic carbocycles. The van der Waals surface area contributed by atoms with E-state index in [-0.39, 0.29) is 6.10 Å². The first-order valence-corrected chi connectivity index (χ1v) is 5.89. The van der Waals surface area contributed by atoms with Crippen LogP contribution < -0.4 is 0 Å². The first-order chi connectivity index (χ1) is 6.47. The lowest BCUT2D eigenvalue weighted by atomic mass is 10.0. The fraction of sp³-hybridized carbons (Fsp3) is 1.00. The third kappa shape index (κ3) is 6.39. The maximum atomic E-state index is 9.37. The molecule has 0 radical (unpaired) electrons. The Morgan fingerprint density at radius 3 is 2.00 bits per heavy atom. The second-order valence-electron chi connectivity index (χ2n) is 4.79. The summed E-state index contributed by atoms with van der Waals surface area (Å²) in [5.41, 5.74) is 0. The van der Waals surface area contributed by atoms with E-state index in [1.54, 1.807) is 0 Å². The van der Waals surface area contributed by atoms with E-state index >= 15 is 0 Å². The van der Waals surface area contributed by atoms with Crippen LogP contribution in [0.1, 0.15) is 47.5 Å². The van der Waals surface area contributed by atoms with Crippen molar-refractivity contribution in [3.8, 4) is 0 Å². The van der Waals surface area contributed by atoms with Crippen molar-refractivity contribution in [3.63, 3.8) is 0 Å². The number of hydrogen-bond donors (Lipinski definition) is 1. The molecule has 0 spiro atoms. The molecule has 14 heavy (non-hydrogen) atoms. The molecule has 2 heteroatoms. The van der Waals surface area contributed by atoms with Gasteiger partial charge in [-0.1, -0.05) is 20.3 Å². The molecule has 0 heterocycles. The molecule has 0 fully saturated rings. The van der Waals surface area contributed by atoms with E-state index < -0.39 is 0 Å². The zero-order valence-corrected chi connectivity index (χ0v) is 10.5. The molecule has 0 aromatic rings. The van der Waals surface area contributed by atoms with Crippen LogP contribution in [0, 0.1) is 5.92 Å². The summed E-state index contributed by atoms with van der Waals surface area (Å²) in [6, 6.07) is 0.531. The van der Waals surface area contributed by atoms with Gasteiger partial charge in [0.05, 0.1) is 6.10 Å². The van der Waals surface area contributed by atoms with Gasteiger partial charge in [-0.15, -0.1) is 0 Å². The molecular weight excluding hydrogens is 174 g/mol. The molecule has 0 aromatic heterocycles. The maximum Gasteiger partial charge on any atom is 0.0639 e. The lowest BCUT2D eigenvalue weighted by Crippen LogP contribution is -2.39. The Morgan fingerprint density at radius 1 is 1.07 bits per heavy atom. The monoisotopic (exact) mass is 201 g/mol. The number of aliphatic hydroxyl groups is 1. The Labute approximate surface area is 89.3 Å². The van der Waals surface area contributed by atoms with Crippen LogP contribution in [-0.2, 0) is 0 Å². The van der Waals surface area contributed by atoms with Crippen LogP contribution in [0.2, 0.25) is 0 Å². The van der Waals surface area contributed by atoms with E-state index in [0.717, 1.165) is 19.0 Å². The van der Waals surface area contributed by atoms with E-state index in [4.69, 9.17) is 0 Å². The number of aliphatic hydroxyl groups excluding tert-OH is 1. The fourth-order valence-corrected chi connectivity index (χ4v) is 1.82. The van der Waals surface area contributed by atoms with Crippen molar-refractivity contribution in [3.05, 3.63) is 0 Å². The molecule has 2 atom stereocenters. The van der Waals surface area contributed by atoms with E-state index in [1.807, 2.05) is 6.92 Å². The van der Waals surface area contributed by atoms with Crippen molar-refractivity contribution in [1.29, 1.82) is 0 Å². The van der Waals surface area contributed by atoms with E-state index in [1.165, 1.54) is 12.8 Å². The van der Waals surface area contributed by atoms with Crippen LogP contribution in [0.25, 0.3) is 0 Å². The molecule has 1 N–H and O–H groups in total. The van der Waals surface area contributed by atoms with Crippen LogP contribution in [0.5, 0.6) is 0 Å². The Bertz CT molecular complexity index is 134. The van der Waals surface area contributed by atoms with Gasteiger partial charge in [-0.25, -0.2) is 0 Å². The zero-order chi connectivity index (χ0) is 11.1. The molecular formula is C12H27NO. The topological polar surface area (TPSA) is 23.5 Å². The van der Waals surface area contributed by atoms with Gasteiger partial charge < -0.3 is 5.11 Å². The van der Waals surface area contributed by atoms with Gasteiger partial charge in [0, 0.05) is 19.1 Å². The summed E-state index contributed by atoms with van der Waals surface area (Å²) >= 11 is 0. The van der Waals surface area contributed by atoms with Gasteiger partial charge in [-0.2, -0.15) is 0 Å². The summed E-state index contributed by atoms with van der Waals surface area (Å²) in [5.74, 6) is 0.737. The average Bonchev–Trinajstić information content (AvgIpc) is 2.02. The minimum absolute atomic E-state index is 0.216. The summed E-state index contributed by atoms with van der Waals surface area (Å²) in [6.07, 6.45) is 2.32. The fourth-order valence-electron chi connectivity index (χ4n) is 1.82. The van der Waals surface area contributed by atoms with Gasteiger partial charge in [0.2, 0.25) is 0 Å². The van der Waals surface area contributed by atoms with Crippen LogP contribution in [-0.4, -0.2) is 35.2 Å². The smallest absolute Gasteiger partial charge is 0.0639 e. The SMILES string of the molecule is CCCC(C)CN(CC(C)O)C(C)C. The highest BCUT2D eigenvalue weighted by Crippen LogP contribution is 2.10. The zero-order valence-electron chi connectivity index (χ0n) is 10.5. The molecule has 2 unspecified atom stereocenters. The van der Waals surface area contributed by atoms with Crippen LogP contribution in [0.15, 0.2) is 0 Å². The largest absolute Gasteiger partial charge is 0.392 e. The molecule has 86 valence electrons. The third-order valence-electron chi connectivity index (χ3n) is 2.56. The summed E-state index contributed by atoms with van der Waals surface area (Å²) in [5, 5.41) is 9.37. The van der Waals surface area contributed by atoms with Gasteiger partial charge in [0.1, 0.15) is 0 Å². The van der Waals surface area contributed by atoms with E-state index in [2.05, 4.69) is 32.6 Å². The third-order valence-corrected chi connectivity index (χ3v) is 2.56. The molecule has 0 aliphatic heterocycles. The second-order valence-corrected chi connectivity index (χ2v) is 4.79. The Morgan fingerprint density at radius 2 is 1.64 bits per heavy atom. The number of nitrogens with zero attached hydrogens (tertiary/aromatic N) is 1. The first kappa shape index (κ1) is 13.9. The highest BCUT2D eigenvalue weighted by molar-refractivity contribution is 4.68. The van der Waals surface area contributed by atoms with Crippen molar-refractivity contribution < 1.29 is 5.11 Å².